The molecule has 2 aromatic heterocycles. The number of hydrogen-bond acceptors (Lipinski definition) is 8. The predicted molar refractivity (Wildman–Crippen MR) is 149 cm³/mol. The predicted octanol–water partition coefficient (Wildman–Crippen LogP) is 3.36. The lowest BCUT2D eigenvalue weighted by molar-refractivity contribution is 0.122. The molecule has 2 fully saturated rings. The van der Waals surface area contributed by atoms with Crippen molar-refractivity contribution in [2.24, 2.45) is 0 Å². The highest BCUT2D eigenvalue weighted by atomic mass is 32.1. The highest BCUT2D eigenvalue weighted by molar-refractivity contribution is 7.80. The summed E-state index contributed by atoms with van der Waals surface area (Å²) in [6.07, 6.45) is 10.7. The molecule has 10 heteroatoms. The largest absolute Gasteiger partial charge is 0.378 e. The molecule has 0 atom stereocenters. The highest BCUT2D eigenvalue weighted by Gasteiger charge is 2.24. The summed E-state index contributed by atoms with van der Waals surface area (Å²) >= 11 is 5.59. The van der Waals surface area contributed by atoms with Crippen LogP contribution in [-0.2, 0) is 17.6 Å². The molecular formula is C26H38N8OS. The van der Waals surface area contributed by atoms with Gasteiger partial charge in [-0.15, -0.1) is 0 Å². The third-order valence-corrected chi connectivity index (χ3v) is 7.54. The van der Waals surface area contributed by atoms with E-state index >= 15 is 0 Å². The average molecular weight is 511 g/mol. The normalized spacial score (nSPS) is 21.9. The molecule has 3 heterocycles. The number of pyridine rings is 1. The first kappa shape index (κ1) is 25.0. The summed E-state index contributed by atoms with van der Waals surface area (Å²) in [5.74, 6) is 2.83. The lowest BCUT2D eigenvalue weighted by atomic mass is 9.91. The zero-order valence-electron chi connectivity index (χ0n) is 21.4. The van der Waals surface area contributed by atoms with E-state index in [0.717, 1.165) is 88.1 Å². The number of aryl methyl sites for hydroxylation is 1. The quantitative estimate of drug-likeness (QED) is 0.503. The van der Waals surface area contributed by atoms with E-state index in [-0.39, 0.29) is 0 Å². The van der Waals surface area contributed by atoms with Gasteiger partial charge in [0.1, 0.15) is 11.6 Å². The molecule has 3 aliphatic rings. The number of nitrogens with one attached hydrogen (secondary N) is 3. The maximum absolute atomic E-state index is 5.59. The van der Waals surface area contributed by atoms with E-state index in [1.807, 2.05) is 18.3 Å². The highest BCUT2D eigenvalue weighted by Crippen LogP contribution is 2.29. The number of nitrogens with zero attached hydrogens (tertiary/aromatic N) is 5. The zero-order valence-corrected chi connectivity index (χ0v) is 22.2. The number of aromatic nitrogens is 3. The van der Waals surface area contributed by atoms with Crippen molar-refractivity contribution in [3.63, 3.8) is 0 Å². The Labute approximate surface area is 219 Å². The monoisotopic (exact) mass is 510 g/mol. The molecular weight excluding hydrogens is 472 g/mol. The van der Waals surface area contributed by atoms with Gasteiger partial charge in [-0.25, -0.2) is 9.97 Å². The Morgan fingerprint density at radius 2 is 1.78 bits per heavy atom. The summed E-state index contributed by atoms with van der Waals surface area (Å²) in [4.78, 5) is 18.7. The van der Waals surface area contributed by atoms with Gasteiger partial charge in [-0.3, -0.25) is 0 Å². The van der Waals surface area contributed by atoms with Crippen LogP contribution in [0, 0.1) is 0 Å². The first-order valence-corrected chi connectivity index (χ1v) is 13.7. The van der Waals surface area contributed by atoms with Crippen molar-refractivity contribution in [2.75, 3.05) is 60.8 Å². The van der Waals surface area contributed by atoms with E-state index in [1.165, 1.54) is 24.1 Å². The molecule has 2 aliphatic carbocycles. The number of hydrogen-bond donors (Lipinski definition) is 3. The molecule has 0 bridgehead atoms. The van der Waals surface area contributed by atoms with E-state index in [4.69, 9.17) is 26.9 Å². The smallest absolute Gasteiger partial charge is 0.225 e. The minimum atomic E-state index is 0.366. The standard InChI is InChI=1S/C26H38N8OS/c1-33(2)24-21-5-3-4-6-22(21)31-25(32-24)28-18-7-9-19(10-8-18)29-26(36)30-20-11-12-23(27-17-20)34-13-15-35-16-14-34/h11-12,17-19H,3-10,13-16H2,1-2H3,(H,28,31,32)(H2,29,30,36). The van der Waals surface area contributed by atoms with Crippen molar-refractivity contribution in [2.45, 2.75) is 63.5 Å². The van der Waals surface area contributed by atoms with Crippen LogP contribution < -0.4 is 25.8 Å². The first-order valence-electron chi connectivity index (χ1n) is 13.2. The van der Waals surface area contributed by atoms with E-state index in [9.17, 15) is 0 Å². The van der Waals surface area contributed by atoms with Gasteiger partial charge < -0.3 is 30.5 Å². The van der Waals surface area contributed by atoms with Crippen LogP contribution in [-0.4, -0.2) is 72.5 Å². The zero-order chi connectivity index (χ0) is 24.9. The second kappa shape index (κ2) is 11.6. The van der Waals surface area contributed by atoms with Crippen molar-refractivity contribution in [3.8, 4) is 0 Å². The SMILES string of the molecule is CN(C)c1nc(NC2CCC(NC(=S)Nc3ccc(N4CCOCC4)nc3)CC2)nc2c1CCCC2. The Hall–Kier alpha value is -2.72. The molecule has 1 aliphatic heterocycles. The third kappa shape index (κ3) is 6.15. The molecule has 0 radical (unpaired) electrons. The summed E-state index contributed by atoms with van der Waals surface area (Å²) in [6.45, 7) is 3.27. The molecule has 194 valence electrons. The van der Waals surface area contributed by atoms with Gasteiger partial charge in [0, 0.05) is 44.8 Å². The molecule has 9 nitrogen and oxygen atoms in total. The second-order valence-corrected chi connectivity index (χ2v) is 10.6. The number of morpholine rings is 1. The van der Waals surface area contributed by atoms with Gasteiger partial charge in [-0.05, 0) is 75.7 Å². The van der Waals surface area contributed by atoms with Gasteiger partial charge in [0.25, 0.3) is 0 Å². The van der Waals surface area contributed by atoms with Crippen LogP contribution in [0.15, 0.2) is 18.3 Å². The van der Waals surface area contributed by atoms with Crippen molar-refractivity contribution < 1.29 is 4.74 Å². The van der Waals surface area contributed by atoms with Crippen LogP contribution >= 0.6 is 12.2 Å². The maximum Gasteiger partial charge on any atom is 0.225 e. The number of fused-ring (bicyclic) bond motifs is 1. The molecule has 0 amide bonds. The lowest BCUT2D eigenvalue weighted by Crippen LogP contribution is -2.42. The van der Waals surface area contributed by atoms with E-state index in [1.54, 1.807) is 0 Å². The fourth-order valence-corrected chi connectivity index (χ4v) is 5.65. The summed E-state index contributed by atoms with van der Waals surface area (Å²) in [5.41, 5.74) is 3.46. The fraction of sp³-hybridized carbons (Fsp3) is 0.615. The Morgan fingerprint density at radius 3 is 2.50 bits per heavy atom. The molecule has 0 unspecified atom stereocenters. The second-order valence-electron chi connectivity index (χ2n) is 10.2. The molecule has 0 aromatic carbocycles. The Balaban J connectivity index is 1.09. The fourth-order valence-electron chi connectivity index (χ4n) is 5.37. The summed E-state index contributed by atoms with van der Waals surface area (Å²) in [5, 5.41) is 11.1. The van der Waals surface area contributed by atoms with E-state index in [0.29, 0.717) is 17.2 Å². The van der Waals surface area contributed by atoms with Gasteiger partial charge in [0.2, 0.25) is 5.95 Å². The molecule has 5 rings (SSSR count). The summed E-state index contributed by atoms with van der Waals surface area (Å²) < 4.78 is 5.42. The first-order chi connectivity index (χ1) is 17.5. The van der Waals surface area contributed by atoms with Crippen LogP contribution in [0.3, 0.4) is 0 Å². The van der Waals surface area contributed by atoms with Gasteiger partial charge in [0.15, 0.2) is 5.11 Å². The minimum absolute atomic E-state index is 0.366. The number of rotatable bonds is 6. The maximum atomic E-state index is 5.59. The van der Waals surface area contributed by atoms with Crippen molar-refractivity contribution in [1.29, 1.82) is 0 Å². The van der Waals surface area contributed by atoms with Crippen LogP contribution in [0.25, 0.3) is 0 Å². The van der Waals surface area contributed by atoms with Crippen LogP contribution in [0.1, 0.15) is 49.8 Å². The molecule has 0 spiro atoms. The van der Waals surface area contributed by atoms with Gasteiger partial charge in [-0.1, -0.05) is 0 Å². The topological polar surface area (TPSA) is 90.5 Å². The van der Waals surface area contributed by atoms with Crippen molar-refractivity contribution >= 4 is 40.6 Å². The minimum Gasteiger partial charge on any atom is -0.378 e. The van der Waals surface area contributed by atoms with Crippen LogP contribution in [0.5, 0.6) is 0 Å². The number of ether oxygens (including phenoxy) is 1. The van der Waals surface area contributed by atoms with E-state index in [2.05, 4.69) is 44.8 Å². The lowest BCUT2D eigenvalue weighted by Gasteiger charge is -2.31. The molecule has 1 saturated heterocycles. The van der Waals surface area contributed by atoms with Gasteiger partial charge in [-0.2, -0.15) is 4.98 Å². The summed E-state index contributed by atoms with van der Waals surface area (Å²) in [6, 6.07) is 4.83. The Morgan fingerprint density at radius 1 is 1.03 bits per heavy atom. The van der Waals surface area contributed by atoms with Crippen LogP contribution in [0.4, 0.5) is 23.3 Å². The third-order valence-electron chi connectivity index (χ3n) is 7.32. The van der Waals surface area contributed by atoms with E-state index < -0.39 is 0 Å². The summed E-state index contributed by atoms with van der Waals surface area (Å²) in [7, 11) is 4.15. The average Bonchev–Trinajstić information content (AvgIpc) is 2.90. The van der Waals surface area contributed by atoms with Crippen molar-refractivity contribution in [1.82, 2.24) is 20.3 Å². The Kier molecular flexibility index (Phi) is 8.01. The molecule has 1 saturated carbocycles. The van der Waals surface area contributed by atoms with Gasteiger partial charge >= 0.3 is 0 Å². The Bertz CT molecular complexity index is 1030. The van der Waals surface area contributed by atoms with Crippen molar-refractivity contribution in [3.05, 3.63) is 29.6 Å². The van der Waals surface area contributed by atoms with Gasteiger partial charge in [0.05, 0.1) is 30.8 Å². The van der Waals surface area contributed by atoms with Crippen LogP contribution in [0.2, 0.25) is 0 Å². The molecule has 2 aromatic rings. The molecule has 3 N–H and O–H groups in total. The number of anilines is 4. The number of thiocarbonyl (C=S) groups is 1. The molecule has 36 heavy (non-hydrogen) atoms.